The average molecular weight is 292 g/mol. The molecule has 18 heavy (non-hydrogen) atoms. The number of halogens is 2. The number of nitrogens with one attached hydrogen (secondary N) is 1. The van der Waals surface area contributed by atoms with E-state index in [4.69, 9.17) is 11.6 Å². The lowest BCUT2D eigenvalue weighted by Crippen LogP contribution is -2.26. The molecule has 3 nitrogen and oxygen atoms in total. The molecule has 1 fully saturated rings. The van der Waals surface area contributed by atoms with Gasteiger partial charge in [0.15, 0.2) is 9.84 Å². The van der Waals surface area contributed by atoms with E-state index in [1.54, 1.807) is 13.1 Å². The monoisotopic (exact) mass is 291 g/mol. The van der Waals surface area contributed by atoms with E-state index in [0.717, 1.165) is 5.56 Å². The Balaban J connectivity index is 2.29. The third kappa shape index (κ3) is 2.84. The Kier molecular flexibility index (Phi) is 3.94. The highest BCUT2D eigenvalue weighted by atomic mass is 35.5. The van der Waals surface area contributed by atoms with Gasteiger partial charge in [-0.05, 0) is 37.1 Å². The summed E-state index contributed by atoms with van der Waals surface area (Å²) in [5.74, 6) is -0.0263. The number of sulfone groups is 1. The van der Waals surface area contributed by atoms with Crippen LogP contribution in [-0.2, 0) is 9.84 Å². The third-order valence-electron chi connectivity index (χ3n) is 3.35. The Morgan fingerprint density at radius 1 is 1.50 bits per heavy atom. The van der Waals surface area contributed by atoms with Gasteiger partial charge in [0.05, 0.1) is 11.5 Å². The van der Waals surface area contributed by atoms with E-state index >= 15 is 0 Å². The minimum atomic E-state index is -2.94. The number of hydrogen-bond acceptors (Lipinski definition) is 3. The van der Waals surface area contributed by atoms with Crippen molar-refractivity contribution in [2.75, 3.05) is 18.6 Å². The SMILES string of the molecule is CNC(c1ccc(F)cc1Cl)C1CCS(=O)(=O)C1. The molecule has 1 heterocycles. The summed E-state index contributed by atoms with van der Waals surface area (Å²) >= 11 is 6.02. The molecule has 0 bridgehead atoms. The van der Waals surface area contributed by atoms with Gasteiger partial charge in [-0.1, -0.05) is 17.7 Å². The summed E-state index contributed by atoms with van der Waals surface area (Å²) in [6.07, 6.45) is 0.613. The first-order valence-corrected chi connectivity index (χ1v) is 7.95. The van der Waals surface area contributed by atoms with E-state index < -0.39 is 15.7 Å². The second-order valence-corrected chi connectivity index (χ2v) is 7.23. The lowest BCUT2D eigenvalue weighted by Gasteiger charge is -2.23. The maximum Gasteiger partial charge on any atom is 0.150 e. The van der Waals surface area contributed by atoms with Crippen LogP contribution >= 0.6 is 11.6 Å². The lowest BCUT2D eigenvalue weighted by atomic mass is 9.92. The first kappa shape index (κ1) is 13.8. The van der Waals surface area contributed by atoms with E-state index in [2.05, 4.69) is 5.32 Å². The normalized spacial score (nSPS) is 24.1. The summed E-state index contributed by atoms with van der Waals surface area (Å²) in [7, 11) is -1.18. The summed E-state index contributed by atoms with van der Waals surface area (Å²) < 4.78 is 36.0. The van der Waals surface area contributed by atoms with Crippen LogP contribution in [0.4, 0.5) is 4.39 Å². The molecule has 2 atom stereocenters. The molecule has 1 aromatic carbocycles. The van der Waals surface area contributed by atoms with Crippen molar-refractivity contribution < 1.29 is 12.8 Å². The Bertz CT molecular complexity index is 547. The van der Waals surface area contributed by atoms with Gasteiger partial charge in [0.25, 0.3) is 0 Å². The van der Waals surface area contributed by atoms with Gasteiger partial charge in [0.1, 0.15) is 5.82 Å². The van der Waals surface area contributed by atoms with Gasteiger partial charge >= 0.3 is 0 Å². The first-order chi connectivity index (χ1) is 8.43. The topological polar surface area (TPSA) is 46.2 Å². The molecule has 1 aliphatic rings. The Morgan fingerprint density at radius 2 is 2.22 bits per heavy atom. The van der Waals surface area contributed by atoms with Crippen LogP contribution in [0.25, 0.3) is 0 Å². The highest BCUT2D eigenvalue weighted by Gasteiger charge is 2.34. The van der Waals surface area contributed by atoms with Crippen LogP contribution in [0.5, 0.6) is 0 Å². The van der Waals surface area contributed by atoms with Crippen molar-refractivity contribution in [1.29, 1.82) is 0 Å². The molecular weight excluding hydrogens is 277 g/mol. The van der Waals surface area contributed by atoms with Crippen molar-refractivity contribution in [2.24, 2.45) is 5.92 Å². The fraction of sp³-hybridized carbons (Fsp3) is 0.500. The quantitative estimate of drug-likeness (QED) is 0.928. The summed E-state index contributed by atoms with van der Waals surface area (Å²) in [5, 5.41) is 3.42. The predicted molar refractivity (Wildman–Crippen MR) is 70.0 cm³/mol. The van der Waals surface area contributed by atoms with Gasteiger partial charge in [0.2, 0.25) is 0 Å². The van der Waals surface area contributed by atoms with Gasteiger partial charge in [-0.15, -0.1) is 0 Å². The molecular formula is C12H15ClFNO2S. The molecule has 0 radical (unpaired) electrons. The highest BCUT2D eigenvalue weighted by Crippen LogP contribution is 2.34. The molecule has 1 aliphatic heterocycles. The van der Waals surface area contributed by atoms with Crippen molar-refractivity contribution in [3.05, 3.63) is 34.6 Å². The first-order valence-electron chi connectivity index (χ1n) is 5.75. The summed E-state index contributed by atoms with van der Waals surface area (Å²) in [5.41, 5.74) is 0.752. The van der Waals surface area contributed by atoms with Crippen molar-refractivity contribution >= 4 is 21.4 Å². The number of rotatable bonds is 3. The molecule has 0 spiro atoms. The summed E-state index contributed by atoms with van der Waals surface area (Å²) in [6.45, 7) is 0. The largest absolute Gasteiger partial charge is 0.313 e. The fourth-order valence-corrected chi connectivity index (χ4v) is 4.61. The molecule has 0 aromatic heterocycles. The van der Waals surface area contributed by atoms with Gasteiger partial charge in [-0.25, -0.2) is 12.8 Å². The maximum atomic E-state index is 13.0. The number of benzene rings is 1. The van der Waals surface area contributed by atoms with Crippen molar-refractivity contribution in [1.82, 2.24) is 5.32 Å². The number of hydrogen-bond donors (Lipinski definition) is 1. The van der Waals surface area contributed by atoms with Gasteiger partial charge in [-0.3, -0.25) is 0 Å². The minimum Gasteiger partial charge on any atom is -0.313 e. The van der Waals surface area contributed by atoms with Crippen LogP contribution in [0.1, 0.15) is 18.0 Å². The zero-order valence-corrected chi connectivity index (χ0v) is 11.6. The smallest absolute Gasteiger partial charge is 0.150 e. The molecule has 2 rings (SSSR count). The van der Waals surface area contributed by atoms with E-state index in [1.165, 1.54) is 12.1 Å². The van der Waals surface area contributed by atoms with Gasteiger partial charge in [0, 0.05) is 11.1 Å². The van der Waals surface area contributed by atoms with Crippen molar-refractivity contribution in [2.45, 2.75) is 12.5 Å². The van der Waals surface area contributed by atoms with Crippen LogP contribution in [0.15, 0.2) is 18.2 Å². The summed E-state index contributed by atoms with van der Waals surface area (Å²) in [4.78, 5) is 0. The van der Waals surface area contributed by atoms with Crippen LogP contribution in [0.2, 0.25) is 5.02 Å². The summed E-state index contributed by atoms with van der Waals surface area (Å²) in [6, 6.07) is 4.05. The molecule has 2 unspecified atom stereocenters. The Hall–Kier alpha value is -0.650. The van der Waals surface area contributed by atoms with Crippen LogP contribution < -0.4 is 5.32 Å². The Labute approximate surface area is 111 Å². The molecule has 0 saturated carbocycles. The Morgan fingerprint density at radius 3 is 2.72 bits per heavy atom. The standard InChI is InChI=1S/C12H15ClFNO2S/c1-15-12(8-4-5-18(16,17)7-8)10-3-2-9(14)6-11(10)13/h2-3,6,8,12,15H,4-5,7H2,1H3. The maximum absolute atomic E-state index is 13.0. The predicted octanol–water partition coefficient (Wildman–Crippen LogP) is 2.17. The zero-order valence-electron chi connectivity index (χ0n) is 9.99. The van der Waals surface area contributed by atoms with Crippen molar-refractivity contribution in [3.8, 4) is 0 Å². The van der Waals surface area contributed by atoms with Gasteiger partial charge in [-0.2, -0.15) is 0 Å². The van der Waals surface area contributed by atoms with E-state index in [1.807, 2.05) is 0 Å². The second kappa shape index (κ2) is 5.15. The zero-order chi connectivity index (χ0) is 13.3. The molecule has 0 aliphatic carbocycles. The molecule has 1 aromatic rings. The molecule has 6 heteroatoms. The molecule has 0 amide bonds. The molecule has 1 N–H and O–H groups in total. The minimum absolute atomic E-state index is 0.0111. The average Bonchev–Trinajstić information content (AvgIpc) is 2.63. The second-order valence-electron chi connectivity index (χ2n) is 4.60. The fourth-order valence-electron chi connectivity index (χ4n) is 2.49. The van der Waals surface area contributed by atoms with E-state index in [0.29, 0.717) is 11.4 Å². The highest BCUT2D eigenvalue weighted by molar-refractivity contribution is 7.91. The van der Waals surface area contributed by atoms with E-state index in [9.17, 15) is 12.8 Å². The third-order valence-corrected chi connectivity index (χ3v) is 5.47. The van der Waals surface area contributed by atoms with Crippen LogP contribution in [0, 0.1) is 11.7 Å². The van der Waals surface area contributed by atoms with Gasteiger partial charge < -0.3 is 5.32 Å². The van der Waals surface area contributed by atoms with E-state index in [-0.39, 0.29) is 23.5 Å². The van der Waals surface area contributed by atoms with Crippen LogP contribution in [0.3, 0.4) is 0 Å². The molecule has 1 saturated heterocycles. The van der Waals surface area contributed by atoms with Crippen molar-refractivity contribution in [3.63, 3.8) is 0 Å². The molecule has 100 valence electrons. The lowest BCUT2D eigenvalue weighted by molar-refractivity contribution is 0.418. The van der Waals surface area contributed by atoms with Crippen LogP contribution in [-0.4, -0.2) is 27.0 Å².